The molecule has 0 aliphatic heterocycles. The molecule has 0 atom stereocenters. The zero-order valence-corrected chi connectivity index (χ0v) is 14.1. The minimum absolute atomic E-state index is 0.279. The molecule has 5 heteroatoms. The van der Waals surface area contributed by atoms with Gasteiger partial charge in [-0.1, -0.05) is 0 Å². The SMILES string of the molecule is CC(C)N(CCNc1ccc(C(=O)O)c(Br)c1)C(C)C. The number of carbonyl (C=O) groups is 1. The van der Waals surface area contributed by atoms with E-state index in [4.69, 9.17) is 5.11 Å². The van der Waals surface area contributed by atoms with Gasteiger partial charge < -0.3 is 10.4 Å². The van der Waals surface area contributed by atoms with Gasteiger partial charge in [0.25, 0.3) is 0 Å². The number of hydrogen-bond acceptors (Lipinski definition) is 3. The molecule has 0 amide bonds. The largest absolute Gasteiger partial charge is 0.478 e. The maximum atomic E-state index is 10.9. The molecule has 0 aliphatic carbocycles. The zero-order chi connectivity index (χ0) is 15.3. The van der Waals surface area contributed by atoms with Crippen LogP contribution in [0.4, 0.5) is 5.69 Å². The first-order valence-corrected chi connectivity index (χ1v) is 7.64. The maximum absolute atomic E-state index is 10.9. The van der Waals surface area contributed by atoms with E-state index in [1.165, 1.54) is 0 Å². The van der Waals surface area contributed by atoms with Crippen molar-refractivity contribution in [2.45, 2.75) is 39.8 Å². The van der Waals surface area contributed by atoms with Crippen LogP contribution in [-0.4, -0.2) is 41.1 Å². The monoisotopic (exact) mass is 342 g/mol. The molecule has 4 nitrogen and oxygen atoms in total. The Hall–Kier alpha value is -1.07. The number of carboxylic acids is 1. The molecule has 1 aromatic rings. The van der Waals surface area contributed by atoms with E-state index >= 15 is 0 Å². The molecule has 0 unspecified atom stereocenters. The summed E-state index contributed by atoms with van der Waals surface area (Å²) in [7, 11) is 0. The van der Waals surface area contributed by atoms with Gasteiger partial charge in [-0.15, -0.1) is 0 Å². The summed E-state index contributed by atoms with van der Waals surface area (Å²) in [6.45, 7) is 10.6. The molecule has 0 bridgehead atoms. The third kappa shape index (κ3) is 4.80. The van der Waals surface area contributed by atoms with Gasteiger partial charge in [0.15, 0.2) is 0 Å². The van der Waals surface area contributed by atoms with Gasteiger partial charge in [0, 0.05) is 35.3 Å². The Morgan fingerprint density at radius 1 is 1.30 bits per heavy atom. The average molecular weight is 343 g/mol. The predicted octanol–water partition coefficient (Wildman–Crippen LogP) is 3.68. The van der Waals surface area contributed by atoms with Crippen molar-refractivity contribution in [3.8, 4) is 0 Å². The summed E-state index contributed by atoms with van der Waals surface area (Å²) in [5.41, 5.74) is 1.20. The summed E-state index contributed by atoms with van der Waals surface area (Å²) >= 11 is 3.28. The van der Waals surface area contributed by atoms with E-state index in [-0.39, 0.29) is 5.56 Å². The summed E-state index contributed by atoms with van der Waals surface area (Å²) in [6, 6.07) is 6.23. The lowest BCUT2D eigenvalue weighted by Crippen LogP contribution is -2.40. The number of nitrogens with zero attached hydrogens (tertiary/aromatic N) is 1. The first kappa shape index (κ1) is 17.0. The van der Waals surface area contributed by atoms with Crippen molar-refractivity contribution < 1.29 is 9.90 Å². The van der Waals surface area contributed by atoms with Gasteiger partial charge in [-0.3, -0.25) is 4.90 Å². The number of benzene rings is 1. The Balaban J connectivity index is 2.58. The minimum Gasteiger partial charge on any atom is -0.478 e. The lowest BCUT2D eigenvalue weighted by atomic mass is 10.2. The molecule has 1 aromatic carbocycles. The Kier molecular flexibility index (Phi) is 6.49. The fraction of sp³-hybridized carbons (Fsp3) is 0.533. The van der Waals surface area contributed by atoms with E-state index in [1.54, 1.807) is 18.2 Å². The van der Waals surface area contributed by atoms with Gasteiger partial charge in [0.2, 0.25) is 0 Å². The van der Waals surface area contributed by atoms with E-state index < -0.39 is 5.97 Å². The zero-order valence-electron chi connectivity index (χ0n) is 12.5. The summed E-state index contributed by atoms with van der Waals surface area (Å²) in [5, 5.41) is 12.3. The molecule has 1 rings (SSSR count). The smallest absolute Gasteiger partial charge is 0.336 e. The molecule has 20 heavy (non-hydrogen) atoms. The van der Waals surface area contributed by atoms with Gasteiger partial charge in [0.05, 0.1) is 5.56 Å². The van der Waals surface area contributed by atoms with Crippen molar-refractivity contribution in [1.29, 1.82) is 0 Å². The van der Waals surface area contributed by atoms with Crippen LogP contribution in [0.1, 0.15) is 38.1 Å². The van der Waals surface area contributed by atoms with Gasteiger partial charge in [0.1, 0.15) is 0 Å². The van der Waals surface area contributed by atoms with Crippen molar-refractivity contribution in [1.82, 2.24) is 4.90 Å². The molecule has 0 spiro atoms. The topological polar surface area (TPSA) is 52.6 Å². The summed E-state index contributed by atoms with van der Waals surface area (Å²) in [4.78, 5) is 13.3. The lowest BCUT2D eigenvalue weighted by molar-refractivity contribution is 0.0696. The van der Waals surface area contributed by atoms with Crippen LogP contribution >= 0.6 is 15.9 Å². The summed E-state index contributed by atoms with van der Waals surface area (Å²) < 4.78 is 0.597. The maximum Gasteiger partial charge on any atom is 0.336 e. The quantitative estimate of drug-likeness (QED) is 0.793. The van der Waals surface area contributed by atoms with E-state index in [2.05, 4.69) is 53.8 Å². The standard InChI is InChI=1S/C15H23BrN2O2/c1-10(2)18(11(3)4)8-7-17-12-5-6-13(15(19)20)14(16)9-12/h5-6,9-11,17H,7-8H2,1-4H3,(H,19,20). The third-order valence-corrected chi connectivity index (χ3v) is 3.88. The van der Waals surface area contributed by atoms with E-state index in [0.29, 0.717) is 16.6 Å². The molecule has 2 N–H and O–H groups in total. The minimum atomic E-state index is -0.922. The van der Waals surface area contributed by atoms with Crippen molar-refractivity contribution in [3.05, 3.63) is 28.2 Å². The Bertz CT molecular complexity index is 453. The Morgan fingerprint density at radius 2 is 1.90 bits per heavy atom. The van der Waals surface area contributed by atoms with Crippen LogP contribution in [0.3, 0.4) is 0 Å². The number of halogens is 1. The Labute approximate surface area is 129 Å². The number of aromatic carboxylic acids is 1. The van der Waals surface area contributed by atoms with Crippen LogP contribution < -0.4 is 5.32 Å². The number of nitrogens with one attached hydrogen (secondary N) is 1. The molecule has 0 aromatic heterocycles. The highest BCUT2D eigenvalue weighted by Gasteiger charge is 2.13. The first-order chi connectivity index (χ1) is 9.32. The van der Waals surface area contributed by atoms with Crippen LogP contribution in [0.15, 0.2) is 22.7 Å². The normalized spacial score (nSPS) is 11.4. The highest BCUT2D eigenvalue weighted by Crippen LogP contribution is 2.21. The molecule has 0 aliphatic rings. The van der Waals surface area contributed by atoms with E-state index in [0.717, 1.165) is 18.8 Å². The van der Waals surface area contributed by atoms with Crippen LogP contribution in [-0.2, 0) is 0 Å². The molecule has 112 valence electrons. The second-order valence-corrected chi connectivity index (χ2v) is 6.21. The van der Waals surface area contributed by atoms with Gasteiger partial charge >= 0.3 is 5.97 Å². The highest BCUT2D eigenvalue weighted by molar-refractivity contribution is 9.10. The summed E-state index contributed by atoms with van der Waals surface area (Å²) in [6.07, 6.45) is 0. The number of rotatable bonds is 7. The second kappa shape index (κ2) is 7.64. The predicted molar refractivity (Wildman–Crippen MR) is 86.6 cm³/mol. The molecule has 0 heterocycles. The number of hydrogen-bond donors (Lipinski definition) is 2. The molecule has 0 saturated carbocycles. The second-order valence-electron chi connectivity index (χ2n) is 5.35. The third-order valence-electron chi connectivity index (χ3n) is 3.23. The molecular formula is C15H23BrN2O2. The van der Waals surface area contributed by atoms with Crippen molar-refractivity contribution in [2.75, 3.05) is 18.4 Å². The highest BCUT2D eigenvalue weighted by atomic mass is 79.9. The van der Waals surface area contributed by atoms with Gasteiger partial charge in [-0.2, -0.15) is 0 Å². The fourth-order valence-electron chi connectivity index (χ4n) is 2.24. The average Bonchev–Trinajstić information content (AvgIpc) is 2.33. The van der Waals surface area contributed by atoms with Crippen LogP contribution in [0, 0.1) is 0 Å². The van der Waals surface area contributed by atoms with Crippen LogP contribution in [0.5, 0.6) is 0 Å². The van der Waals surface area contributed by atoms with E-state index in [9.17, 15) is 4.79 Å². The summed E-state index contributed by atoms with van der Waals surface area (Å²) in [5.74, 6) is -0.922. The molecule has 0 saturated heterocycles. The van der Waals surface area contributed by atoms with Gasteiger partial charge in [-0.05, 0) is 61.8 Å². The molecular weight excluding hydrogens is 320 g/mol. The van der Waals surface area contributed by atoms with Crippen LogP contribution in [0.2, 0.25) is 0 Å². The lowest BCUT2D eigenvalue weighted by Gasteiger charge is -2.30. The van der Waals surface area contributed by atoms with Gasteiger partial charge in [-0.25, -0.2) is 4.79 Å². The molecule has 0 fully saturated rings. The van der Waals surface area contributed by atoms with Crippen molar-refractivity contribution in [3.63, 3.8) is 0 Å². The Morgan fingerprint density at radius 3 is 2.35 bits per heavy atom. The fourth-order valence-corrected chi connectivity index (χ4v) is 2.79. The van der Waals surface area contributed by atoms with Crippen LogP contribution in [0.25, 0.3) is 0 Å². The molecule has 0 radical (unpaired) electrons. The first-order valence-electron chi connectivity index (χ1n) is 6.85. The van der Waals surface area contributed by atoms with E-state index in [1.807, 2.05) is 0 Å². The van der Waals surface area contributed by atoms with Crippen molar-refractivity contribution >= 4 is 27.6 Å². The van der Waals surface area contributed by atoms with Crippen molar-refractivity contribution in [2.24, 2.45) is 0 Å². The number of carboxylic acid groups (broad SMARTS) is 1. The number of anilines is 1.